The molecule has 0 aliphatic heterocycles. The first-order valence-corrected chi connectivity index (χ1v) is 20.3. The lowest BCUT2D eigenvalue weighted by molar-refractivity contribution is 1.29. The van der Waals surface area contributed by atoms with Crippen LogP contribution in [-0.4, -0.2) is 0 Å². The molecule has 0 aliphatic rings. The molecule has 0 amide bonds. The summed E-state index contributed by atoms with van der Waals surface area (Å²) < 4.78 is 5.25. The number of rotatable bonds is 6. The molecule has 0 radical (unpaired) electrons. The molecule has 11 rings (SSSR count). The van der Waals surface area contributed by atoms with Crippen LogP contribution in [0.5, 0.6) is 0 Å². The molecule has 0 saturated carbocycles. The fourth-order valence-electron chi connectivity index (χ4n) is 8.23. The Kier molecular flexibility index (Phi) is 7.61. The maximum Gasteiger partial charge on any atom is 0.0540 e. The maximum atomic E-state index is 2.43. The highest BCUT2D eigenvalue weighted by atomic mass is 32.1. The second-order valence-electron chi connectivity index (χ2n) is 14.1. The predicted molar refractivity (Wildman–Crippen MR) is 241 cm³/mol. The molecule has 9 aromatic carbocycles. The SMILES string of the molecule is c1cc(-c2ccccc2N(c2ccc(-c3ccc4sc5ccccc5c4c3)cc2)c2ccc3c(c2)sc2ccccc23)cc(-c2cccc3ccccc23)c1. The van der Waals surface area contributed by atoms with Gasteiger partial charge in [0.05, 0.1) is 5.69 Å². The van der Waals surface area contributed by atoms with Crippen molar-refractivity contribution in [1.82, 2.24) is 0 Å². The number of nitrogens with zero attached hydrogens (tertiary/aromatic N) is 1. The highest BCUT2D eigenvalue weighted by Crippen LogP contribution is 2.45. The van der Waals surface area contributed by atoms with Crippen molar-refractivity contribution < 1.29 is 0 Å². The molecule has 258 valence electrons. The van der Waals surface area contributed by atoms with Crippen LogP contribution in [0.15, 0.2) is 200 Å². The number of anilines is 3. The Balaban J connectivity index is 1.06. The minimum atomic E-state index is 1.11. The van der Waals surface area contributed by atoms with Gasteiger partial charge in [-0.15, -0.1) is 22.7 Å². The minimum absolute atomic E-state index is 1.11. The topological polar surface area (TPSA) is 3.24 Å². The van der Waals surface area contributed by atoms with E-state index in [2.05, 4.69) is 205 Å². The summed E-state index contributed by atoms with van der Waals surface area (Å²) in [7, 11) is 0. The molecule has 0 unspecified atom stereocenters. The molecule has 1 nitrogen and oxygen atoms in total. The molecule has 0 spiro atoms. The Hall–Kier alpha value is -6.52. The standard InChI is InChI=1S/C52H33NS2/c1-2-15-41-35(11-1)12-10-19-42(41)37-13-9-14-38(31-37)43-16-3-6-20-48(43)53(40-28-29-46-44-17-4-7-21-49(44)55-52(46)33-40)39-26-23-34(24-27-39)36-25-30-51-47(32-36)45-18-5-8-22-50(45)54-51/h1-33H. The number of thiophene rings is 2. The first-order valence-electron chi connectivity index (χ1n) is 18.7. The molecular weight excluding hydrogens is 703 g/mol. The van der Waals surface area contributed by atoms with Gasteiger partial charge in [0, 0.05) is 57.3 Å². The summed E-state index contributed by atoms with van der Waals surface area (Å²) in [6.07, 6.45) is 0. The fourth-order valence-corrected chi connectivity index (χ4v) is 10.5. The Morgan fingerprint density at radius 1 is 0.291 bits per heavy atom. The third-order valence-corrected chi connectivity index (χ3v) is 13.2. The number of hydrogen-bond donors (Lipinski definition) is 0. The van der Waals surface area contributed by atoms with Crippen LogP contribution in [0.4, 0.5) is 17.1 Å². The lowest BCUT2D eigenvalue weighted by Gasteiger charge is -2.28. The smallest absolute Gasteiger partial charge is 0.0540 e. The van der Waals surface area contributed by atoms with Gasteiger partial charge in [0.15, 0.2) is 0 Å². The van der Waals surface area contributed by atoms with E-state index in [9.17, 15) is 0 Å². The molecule has 0 fully saturated rings. The van der Waals surface area contributed by atoms with Crippen LogP contribution in [0, 0.1) is 0 Å². The molecule has 0 bridgehead atoms. The van der Waals surface area contributed by atoms with Crippen molar-refractivity contribution in [3.05, 3.63) is 200 Å². The molecule has 55 heavy (non-hydrogen) atoms. The van der Waals surface area contributed by atoms with Crippen molar-refractivity contribution >= 4 is 90.9 Å². The van der Waals surface area contributed by atoms with E-state index in [-0.39, 0.29) is 0 Å². The average molecular weight is 736 g/mol. The Morgan fingerprint density at radius 2 is 0.855 bits per heavy atom. The zero-order chi connectivity index (χ0) is 36.3. The van der Waals surface area contributed by atoms with Crippen molar-refractivity contribution in [2.45, 2.75) is 0 Å². The second-order valence-corrected chi connectivity index (χ2v) is 16.3. The quantitative estimate of drug-likeness (QED) is 0.164. The third-order valence-electron chi connectivity index (χ3n) is 10.9. The number of benzene rings is 9. The monoisotopic (exact) mass is 735 g/mol. The van der Waals surface area contributed by atoms with Gasteiger partial charge < -0.3 is 4.90 Å². The largest absolute Gasteiger partial charge is 0.310 e. The summed E-state index contributed by atoms with van der Waals surface area (Å²) in [5.74, 6) is 0. The maximum absolute atomic E-state index is 2.43. The van der Waals surface area contributed by atoms with Gasteiger partial charge in [0.25, 0.3) is 0 Å². The molecule has 2 heterocycles. The summed E-state index contributed by atoms with van der Waals surface area (Å²) in [5, 5.41) is 7.77. The Bertz CT molecular complexity index is 3220. The first kappa shape index (κ1) is 32.0. The molecule has 3 heteroatoms. The second kappa shape index (κ2) is 13.1. The lowest BCUT2D eigenvalue weighted by Crippen LogP contribution is -2.11. The third kappa shape index (κ3) is 5.51. The molecule has 0 N–H and O–H groups in total. The van der Waals surface area contributed by atoms with Crippen LogP contribution in [0.3, 0.4) is 0 Å². The molecule has 0 saturated heterocycles. The van der Waals surface area contributed by atoms with Gasteiger partial charge in [-0.2, -0.15) is 0 Å². The van der Waals surface area contributed by atoms with Crippen molar-refractivity contribution in [2.75, 3.05) is 4.90 Å². The highest BCUT2D eigenvalue weighted by Gasteiger charge is 2.19. The fraction of sp³-hybridized carbons (Fsp3) is 0. The van der Waals surface area contributed by atoms with Gasteiger partial charge in [-0.3, -0.25) is 0 Å². The van der Waals surface area contributed by atoms with Gasteiger partial charge in [0.2, 0.25) is 0 Å². The molecule has 11 aromatic rings. The van der Waals surface area contributed by atoms with Crippen molar-refractivity contribution in [1.29, 1.82) is 0 Å². The predicted octanol–water partition coefficient (Wildman–Crippen LogP) is 16.0. The Morgan fingerprint density at radius 3 is 1.69 bits per heavy atom. The lowest BCUT2D eigenvalue weighted by atomic mass is 9.94. The molecule has 0 atom stereocenters. The summed E-state index contributed by atoms with van der Waals surface area (Å²) in [5.41, 5.74) is 10.6. The average Bonchev–Trinajstić information content (AvgIpc) is 3.82. The molecule has 0 aliphatic carbocycles. The minimum Gasteiger partial charge on any atom is -0.310 e. The van der Waals surface area contributed by atoms with E-state index < -0.39 is 0 Å². The Labute approximate surface area is 327 Å². The van der Waals surface area contributed by atoms with Crippen molar-refractivity contribution in [3.63, 3.8) is 0 Å². The van der Waals surface area contributed by atoms with E-state index in [1.807, 2.05) is 22.7 Å². The van der Waals surface area contributed by atoms with Crippen LogP contribution in [0.1, 0.15) is 0 Å². The highest BCUT2D eigenvalue weighted by molar-refractivity contribution is 7.26. The normalized spacial score (nSPS) is 11.6. The van der Waals surface area contributed by atoms with Crippen molar-refractivity contribution in [3.8, 4) is 33.4 Å². The van der Waals surface area contributed by atoms with E-state index in [1.54, 1.807) is 0 Å². The summed E-state index contributed by atoms with van der Waals surface area (Å²) in [6, 6.07) is 73.5. The van der Waals surface area contributed by atoms with Gasteiger partial charge in [-0.1, -0.05) is 140 Å². The number of para-hydroxylation sites is 1. The van der Waals surface area contributed by atoms with Crippen LogP contribution in [-0.2, 0) is 0 Å². The van der Waals surface area contributed by atoms with E-state index in [1.165, 1.54) is 84.5 Å². The van der Waals surface area contributed by atoms with E-state index in [4.69, 9.17) is 0 Å². The summed E-state index contributed by atoms with van der Waals surface area (Å²) >= 11 is 3.72. The van der Waals surface area contributed by atoms with E-state index in [0.29, 0.717) is 0 Å². The van der Waals surface area contributed by atoms with Gasteiger partial charge in [-0.25, -0.2) is 0 Å². The van der Waals surface area contributed by atoms with Crippen LogP contribution >= 0.6 is 22.7 Å². The van der Waals surface area contributed by atoms with Gasteiger partial charge in [0.1, 0.15) is 0 Å². The van der Waals surface area contributed by atoms with Crippen molar-refractivity contribution in [2.24, 2.45) is 0 Å². The summed E-state index contributed by atoms with van der Waals surface area (Å²) in [6.45, 7) is 0. The number of hydrogen-bond acceptors (Lipinski definition) is 3. The van der Waals surface area contributed by atoms with Crippen LogP contribution in [0.2, 0.25) is 0 Å². The first-order chi connectivity index (χ1) is 27.2. The van der Waals surface area contributed by atoms with Gasteiger partial charge >= 0.3 is 0 Å². The summed E-state index contributed by atoms with van der Waals surface area (Å²) in [4.78, 5) is 2.43. The van der Waals surface area contributed by atoms with E-state index in [0.717, 1.165) is 17.1 Å². The molecule has 2 aromatic heterocycles. The van der Waals surface area contributed by atoms with Crippen LogP contribution < -0.4 is 4.90 Å². The zero-order valence-electron chi connectivity index (χ0n) is 29.8. The van der Waals surface area contributed by atoms with Crippen LogP contribution in [0.25, 0.3) is 84.5 Å². The van der Waals surface area contributed by atoms with E-state index >= 15 is 0 Å². The number of fused-ring (bicyclic) bond motifs is 7. The molecular formula is C52H33NS2. The van der Waals surface area contributed by atoms with Gasteiger partial charge in [-0.05, 0) is 99.3 Å². The zero-order valence-corrected chi connectivity index (χ0v) is 31.4.